The zero-order chi connectivity index (χ0) is 13.8. The molecule has 0 saturated carbocycles. The van der Waals surface area contributed by atoms with Gasteiger partial charge in [0.25, 0.3) is 5.91 Å². The van der Waals surface area contributed by atoms with Crippen LogP contribution in [0.4, 0.5) is 0 Å². The van der Waals surface area contributed by atoms with Gasteiger partial charge in [-0.1, -0.05) is 13.8 Å². The summed E-state index contributed by atoms with van der Waals surface area (Å²) in [5, 5.41) is 10.0. The van der Waals surface area contributed by atoms with E-state index >= 15 is 0 Å². The van der Waals surface area contributed by atoms with Crippen molar-refractivity contribution < 1.29 is 9.90 Å². The highest BCUT2D eigenvalue weighted by Gasteiger charge is 2.25. The second-order valence-corrected chi connectivity index (χ2v) is 5.64. The van der Waals surface area contributed by atoms with Gasteiger partial charge >= 0.3 is 0 Å². The summed E-state index contributed by atoms with van der Waals surface area (Å²) in [7, 11) is 0. The lowest BCUT2D eigenvalue weighted by Crippen LogP contribution is -2.37. The molecule has 1 amide bonds. The summed E-state index contributed by atoms with van der Waals surface area (Å²) < 4.78 is 0. The van der Waals surface area contributed by atoms with E-state index in [4.69, 9.17) is 0 Å². The van der Waals surface area contributed by atoms with Crippen molar-refractivity contribution >= 4 is 5.91 Å². The van der Waals surface area contributed by atoms with Crippen molar-refractivity contribution in [2.75, 3.05) is 32.7 Å². The number of aliphatic hydroxyl groups excluding tert-OH is 1. The van der Waals surface area contributed by atoms with Crippen molar-refractivity contribution in [1.29, 1.82) is 0 Å². The van der Waals surface area contributed by atoms with Gasteiger partial charge in [-0.2, -0.15) is 0 Å². The summed E-state index contributed by atoms with van der Waals surface area (Å²) in [6.45, 7) is 7.84. The van der Waals surface area contributed by atoms with E-state index in [0.29, 0.717) is 31.2 Å². The van der Waals surface area contributed by atoms with Crippen LogP contribution >= 0.6 is 0 Å². The highest BCUT2D eigenvalue weighted by Crippen LogP contribution is 2.10. The lowest BCUT2D eigenvalue weighted by molar-refractivity contribution is 0.0657. The first-order chi connectivity index (χ1) is 9.06. The van der Waals surface area contributed by atoms with Crippen LogP contribution in [0, 0.1) is 5.92 Å². The molecule has 1 aliphatic rings. The highest BCUT2D eigenvalue weighted by atomic mass is 16.3. The summed E-state index contributed by atoms with van der Waals surface area (Å²) in [5.41, 5.74) is 0.588. The highest BCUT2D eigenvalue weighted by molar-refractivity contribution is 5.92. The molecular formula is C14H23N3O2. The summed E-state index contributed by atoms with van der Waals surface area (Å²) >= 11 is 0. The minimum absolute atomic E-state index is 0.0320. The number of amides is 1. The number of carbonyl (C=O) groups is 1. The van der Waals surface area contributed by atoms with Gasteiger partial charge in [0, 0.05) is 38.9 Å². The Morgan fingerprint density at radius 2 is 2.26 bits per heavy atom. The Hall–Kier alpha value is -1.33. The maximum absolute atomic E-state index is 12.3. The predicted octanol–water partition coefficient (Wildman–Crippen LogP) is 0.789. The molecule has 1 atom stereocenters. The molecule has 0 radical (unpaired) electrons. The zero-order valence-corrected chi connectivity index (χ0v) is 11.7. The van der Waals surface area contributed by atoms with Crippen molar-refractivity contribution in [3.8, 4) is 0 Å². The van der Waals surface area contributed by atoms with Gasteiger partial charge in [0.2, 0.25) is 0 Å². The van der Waals surface area contributed by atoms with Crippen molar-refractivity contribution in [2.24, 2.45) is 5.92 Å². The van der Waals surface area contributed by atoms with Gasteiger partial charge in [0.05, 0.1) is 6.10 Å². The maximum atomic E-state index is 12.3. The smallest absolute Gasteiger partial charge is 0.270 e. The number of aromatic amines is 1. The Bertz CT molecular complexity index is 403. The number of hydrogen-bond acceptors (Lipinski definition) is 3. The quantitative estimate of drug-likeness (QED) is 0.849. The number of aliphatic hydroxyl groups is 1. The van der Waals surface area contributed by atoms with Crippen LogP contribution in [-0.4, -0.2) is 64.6 Å². The fourth-order valence-corrected chi connectivity index (χ4v) is 2.56. The SMILES string of the molecule is CC(C)CN1CCN(C(=O)c2ccc[nH]2)CC(O)C1. The van der Waals surface area contributed by atoms with Crippen LogP contribution in [0.5, 0.6) is 0 Å². The molecule has 0 aliphatic carbocycles. The van der Waals surface area contributed by atoms with Crippen LogP contribution in [-0.2, 0) is 0 Å². The van der Waals surface area contributed by atoms with E-state index in [9.17, 15) is 9.90 Å². The number of H-pyrrole nitrogens is 1. The molecule has 1 aromatic heterocycles. The Morgan fingerprint density at radius 1 is 1.47 bits per heavy atom. The first-order valence-corrected chi connectivity index (χ1v) is 6.89. The first-order valence-electron chi connectivity index (χ1n) is 6.89. The summed E-state index contributed by atoms with van der Waals surface area (Å²) in [4.78, 5) is 19.1. The maximum Gasteiger partial charge on any atom is 0.270 e. The van der Waals surface area contributed by atoms with Gasteiger partial charge in [0.15, 0.2) is 0 Å². The third kappa shape index (κ3) is 3.81. The monoisotopic (exact) mass is 265 g/mol. The van der Waals surface area contributed by atoms with Gasteiger partial charge in [-0.15, -0.1) is 0 Å². The molecule has 2 heterocycles. The third-order valence-corrected chi connectivity index (χ3v) is 3.33. The van der Waals surface area contributed by atoms with Crippen LogP contribution in [0.3, 0.4) is 0 Å². The van der Waals surface area contributed by atoms with Gasteiger partial charge in [-0.25, -0.2) is 0 Å². The van der Waals surface area contributed by atoms with Gasteiger partial charge in [0.1, 0.15) is 5.69 Å². The Kier molecular flexibility index (Phi) is 4.61. The summed E-state index contributed by atoms with van der Waals surface area (Å²) in [6.07, 6.45) is 1.27. The number of hydrogen-bond donors (Lipinski definition) is 2. The second kappa shape index (κ2) is 6.21. The molecule has 19 heavy (non-hydrogen) atoms. The van der Waals surface area contributed by atoms with Crippen LogP contribution in [0.1, 0.15) is 24.3 Å². The van der Waals surface area contributed by atoms with E-state index in [0.717, 1.165) is 13.1 Å². The van der Waals surface area contributed by atoms with E-state index in [1.54, 1.807) is 17.2 Å². The average molecular weight is 265 g/mol. The van der Waals surface area contributed by atoms with Crippen LogP contribution < -0.4 is 0 Å². The molecule has 5 nitrogen and oxygen atoms in total. The Morgan fingerprint density at radius 3 is 2.89 bits per heavy atom. The third-order valence-electron chi connectivity index (χ3n) is 3.33. The van der Waals surface area contributed by atoms with Crippen LogP contribution in [0.25, 0.3) is 0 Å². The van der Waals surface area contributed by atoms with Crippen LogP contribution in [0.15, 0.2) is 18.3 Å². The van der Waals surface area contributed by atoms with E-state index < -0.39 is 6.10 Å². The van der Waals surface area contributed by atoms with Crippen molar-refractivity contribution in [3.05, 3.63) is 24.0 Å². The fourth-order valence-electron chi connectivity index (χ4n) is 2.56. The number of β-amino-alcohol motifs (C(OH)–C–C–N with tert-alkyl or cyclic N) is 1. The van der Waals surface area contributed by atoms with Crippen molar-refractivity contribution in [1.82, 2.24) is 14.8 Å². The van der Waals surface area contributed by atoms with Gasteiger partial charge < -0.3 is 15.0 Å². The standard InChI is InChI=1S/C14H23N3O2/c1-11(2)8-16-6-7-17(10-12(18)9-16)14(19)13-4-3-5-15-13/h3-5,11-12,15,18H,6-10H2,1-2H3. The van der Waals surface area contributed by atoms with E-state index in [-0.39, 0.29) is 5.91 Å². The zero-order valence-electron chi connectivity index (χ0n) is 11.7. The summed E-state index contributed by atoms with van der Waals surface area (Å²) in [6, 6.07) is 3.58. The minimum atomic E-state index is -0.472. The Labute approximate surface area is 114 Å². The molecule has 5 heteroatoms. The molecule has 2 N–H and O–H groups in total. The molecule has 0 bridgehead atoms. The van der Waals surface area contributed by atoms with Crippen LogP contribution in [0.2, 0.25) is 0 Å². The molecule has 2 rings (SSSR count). The molecule has 106 valence electrons. The number of nitrogens with zero attached hydrogens (tertiary/aromatic N) is 2. The topological polar surface area (TPSA) is 59.6 Å². The minimum Gasteiger partial charge on any atom is -0.390 e. The largest absolute Gasteiger partial charge is 0.390 e. The van der Waals surface area contributed by atoms with E-state index in [1.165, 1.54) is 0 Å². The number of rotatable bonds is 3. The molecule has 0 aromatic carbocycles. The van der Waals surface area contributed by atoms with Gasteiger partial charge in [-0.05, 0) is 18.1 Å². The molecule has 1 unspecified atom stereocenters. The molecule has 1 fully saturated rings. The number of carbonyl (C=O) groups excluding carboxylic acids is 1. The van der Waals surface area contributed by atoms with Gasteiger partial charge in [-0.3, -0.25) is 9.69 Å². The predicted molar refractivity (Wildman–Crippen MR) is 74.0 cm³/mol. The molecule has 0 spiro atoms. The van der Waals surface area contributed by atoms with Crippen molar-refractivity contribution in [2.45, 2.75) is 20.0 Å². The Balaban J connectivity index is 1.99. The summed E-state index contributed by atoms with van der Waals surface area (Å²) in [5.74, 6) is 0.535. The number of nitrogens with one attached hydrogen (secondary N) is 1. The first kappa shape index (κ1) is 14.1. The second-order valence-electron chi connectivity index (χ2n) is 5.64. The van der Waals surface area contributed by atoms with E-state index in [2.05, 4.69) is 23.7 Å². The molecule has 1 aromatic rings. The van der Waals surface area contributed by atoms with E-state index in [1.807, 2.05) is 6.07 Å². The lowest BCUT2D eigenvalue weighted by Gasteiger charge is -2.23. The lowest BCUT2D eigenvalue weighted by atomic mass is 10.2. The molecule has 1 aliphatic heterocycles. The molecular weight excluding hydrogens is 242 g/mol. The van der Waals surface area contributed by atoms with Crippen molar-refractivity contribution in [3.63, 3.8) is 0 Å². The number of aromatic nitrogens is 1. The fraction of sp³-hybridized carbons (Fsp3) is 0.643. The average Bonchev–Trinajstić information content (AvgIpc) is 2.80. The normalized spacial score (nSPS) is 21.7. The molecule has 1 saturated heterocycles.